The molecule has 1 aromatic rings. The van der Waals surface area contributed by atoms with Crippen LogP contribution in [0.25, 0.3) is 0 Å². The summed E-state index contributed by atoms with van der Waals surface area (Å²) in [4.78, 5) is 0. The van der Waals surface area contributed by atoms with E-state index in [1.54, 1.807) is 6.26 Å². The molecule has 2 heterocycles. The minimum Gasteiger partial charge on any atom is -0.472 e. The van der Waals surface area contributed by atoms with Crippen molar-refractivity contribution in [1.29, 1.82) is 0 Å². The third-order valence-electron chi connectivity index (χ3n) is 4.80. The van der Waals surface area contributed by atoms with Crippen molar-refractivity contribution in [1.82, 2.24) is 0 Å². The van der Waals surface area contributed by atoms with Crippen molar-refractivity contribution in [2.75, 3.05) is 6.61 Å². The highest BCUT2D eigenvalue weighted by Gasteiger charge is 2.51. The lowest BCUT2D eigenvalue weighted by atomic mass is 9.61. The van der Waals surface area contributed by atoms with Gasteiger partial charge < -0.3 is 9.15 Å². The van der Waals surface area contributed by atoms with Crippen LogP contribution in [0.2, 0.25) is 0 Å². The van der Waals surface area contributed by atoms with Gasteiger partial charge in [0.15, 0.2) is 0 Å². The first kappa shape index (κ1) is 10.4. The van der Waals surface area contributed by atoms with E-state index in [4.69, 9.17) is 9.15 Å². The Morgan fingerprint density at radius 1 is 1.44 bits per heavy atom. The summed E-state index contributed by atoms with van der Waals surface area (Å²) in [5.41, 5.74) is 1.54. The zero-order valence-electron chi connectivity index (χ0n) is 10.1. The summed E-state index contributed by atoms with van der Waals surface area (Å²) in [5, 5.41) is 0. The molecule has 1 aromatic heterocycles. The molecule has 1 saturated carbocycles. The monoisotopic (exact) mass is 220 g/mol. The molecule has 3 rings (SSSR count). The number of rotatable bonds is 1. The average molecular weight is 220 g/mol. The summed E-state index contributed by atoms with van der Waals surface area (Å²) in [7, 11) is 0. The molecule has 0 bridgehead atoms. The molecule has 0 spiro atoms. The second-order valence-corrected chi connectivity index (χ2v) is 5.75. The van der Waals surface area contributed by atoms with Crippen LogP contribution in [0, 0.1) is 17.3 Å². The Hall–Kier alpha value is -0.760. The van der Waals surface area contributed by atoms with Gasteiger partial charge in [0.25, 0.3) is 0 Å². The van der Waals surface area contributed by atoms with Crippen molar-refractivity contribution in [3.8, 4) is 0 Å². The molecule has 88 valence electrons. The van der Waals surface area contributed by atoms with Crippen molar-refractivity contribution >= 4 is 0 Å². The second-order valence-electron chi connectivity index (χ2n) is 5.75. The lowest BCUT2D eigenvalue weighted by Gasteiger charge is -2.41. The van der Waals surface area contributed by atoms with Crippen LogP contribution in [0.1, 0.15) is 44.8 Å². The van der Waals surface area contributed by atoms with Crippen LogP contribution in [0.3, 0.4) is 0 Å². The van der Waals surface area contributed by atoms with E-state index in [1.165, 1.54) is 24.8 Å². The fourth-order valence-corrected chi connectivity index (χ4v) is 3.81. The Morgan fingerprint density at radius 2 is 2.31 bits per heavy atom. The summed E-state index contributed by atoms with van der Waals surface area (Å²) in [5.74, 6) is 1.52. The molecule has 4 atom stereocenters. The van der Waals surface area contributed by atoms with Crippen LogP contribution in [-0.4, -0.2) is 6.61 Å². The van der Waals surface area contributed by atoms with Gasteiger partial charge in [0.05, 0.1) is 25.2 Å². The largest absolute Gasteiger partial charge is 0.472 e. The van der Waals surface area contributed by atoms with E-state index in [9.17, 15) is 0 Å². The second kappa shape index (κ2) is 3.63. The number of fused-ring (bicyclic) bond motifs is 1. The van der Waals surface area contributed by atoms with Gasteiger partial charge in [0, 0.05) is 11.0 Å². The van der Waals surface area contributed by atoms with Gasteiger partial charge >= 0.3 is 0 Å². The summed E-state index contributed by atoms with van der Waals surface area (Å²) >= 11 is 0. The zero-order valence-corrected chi connectivity index (χ0v) is 10.1. The quantitative estimate of drug-likeness (QED) is 0.718. The molecule has 4 unspecified atom stereocenters. The van der Waals surface area contributed by atoms with Crippen molar-refractivity contribution in [2.24, 2.45) is 17.3 Å². The maximum Gasteiger partial charge on any atom is 0.0960 e. The van der Waals surface area contributed by atoms with Gasteiger partial charge in [-0.05, 0) is 24.3 Å². The van der Waals surface area contributed by atoms with Gasteiger partial charge in [-0.15, -0.1) is 0 Å². The molecule has 2 fully saturated rings. The lowest BCUT2D eigenvalue weighted by Crippen LogP contribution is -2.36. The SMILES string of the molecule is CC1CCCC2(C)C(c3ccoc3)OCC12. The Balaban J connectivity index is 1.93. The standard InChI is InChI=1S/C14H20O2/c1-10-4-3-6-14(2)12(10)9-16-13(14)11-5-7-15-8-11/h5,7-8,10,12-13H,3-4,6,9H2,1-2H3. The topological polar surface area (TPSA) is 22.4 Å². The Kier molecular flexibility index (Phi) is 2.36. The molecule has 0 N–H and O–H groups in total. The van der Waals surface area contributed by atoms with E-state index >= 15 is 0 Å². The Morgan fingerprint density at radius 3 is 3.06 bits per heavy atom. The highest BCUT2D eigenvalue weighted by molar-refractivity contribution is 5.17. The van der Waals surface area contributed by atoms with Crippen molar-refractivity contribution < 1.29 is 9.15 Å². The molecule has 0 radical (unpaired) electrons. The van der Waals surface area contributed by atoms with Crippen LogP contribution < -0.4 is 0 Å². The van der Waals surface area contributed by atoms with E-state index in [0.29, 0.717) is 5.41 Å². The normalized spacial score (nSPS) is 43.2. The molecule has 2 nitrogen and oxygen atoms in total. The third-order valence-corrected chi connectivity index (χ3v) is 4.80. The average Bonchev–Trinajstić information content (AvgIpc) is 2.84. The molecular weight excluding hydrogens is 200 g/mol. The maximum atomic E-state index is 6.06. The highest BCUT2D eigenvalue weighted by Crippen LogP contribution is 2.57. The number of ether oxygens (including phenoxy) is 1. The predicted octanol–water partition coefficient (Wildman–Crippen LogP) is 3.79. The smallest absolute Gasteiger partial charge is 0.0960 e. The summed E-state index contributed by atoms with van der Waals surface area (Å²) < 4.78 is 11.3. The summed E-state index contributed by atoms with van der Waals surface area (Å²) in [6.45, 7) is 5.70. The van der Waals surface area contributed by atoms with Crippen LogP contribution in [0.4, 0.5) is 0 Å². The maximum absolute atomic E-state index is 6.06. The molecule has 2 heteroatoms. The van der Waals surface area contributed by atoms with E-state index in [1.807, 2.05) is 6.26 Å². The van der Waals surface area contributed by atoms with Gasteiger partial charge in [0.2, 0.25) is 0 Å². The Labute approximate surface area is 97.0 Å². The minimum absolute atomic E-state index is 0.249. The molecular formula is C14H20O2. The van der Waals surface area contributed by atoms with E-state index in [-0.39, 0.29) is 6.10 Å². The van der Waals surface area contributed by atoms with E-state index in [2.05, 4.69) is 19.9 Å². The van der Waals surface area contributed by atoms with E-state index in [0.717, 1.165) is 18.4 Å². The molecule has 1 saturated heterocycles. The van der Waals surface area contributed by atoms with Gasteiger partial charge in [-0.25, -0.2) is 0 Å². The third kappa shape index (κ3) is 1.36. The molecule has 1 aliphatic carbocycles. The van der Waals surface area contributed by atoms with Crippen LogP contribution in [-0.2, 0) is 4.74 Å². The van der Waals surface area contributed by atoms with Gasteiger partial charge in [-0.2, -0.15) is 0 Å². The fraction of sp³-hybridized carbons (Fsp3) is 0.714. The first-order valence-electron chi connectivity index (χ1n) is 6.35. The van der Waals surface area contributed by atoms with Crippen molar-refractivity contribution in [3.05, 3.63) is 24.2 Å². The first-order valence-corrected chi connectivity index (χ1v) is 6.35. The first-order chi connectivity index (χ1) is 7.72. The number of hydrogen-bond acceptors (Lipinski definition) is 2. The summed E-state index contributed by atoms with van der Waals surface area (Å²) in [6.07, 6.45) is 7.84. The fourth-order valence-electron chi connectivity index (χ4n) is 3.81. The number of hydrogen-bond donors (Lipinski definition) is 0. The number of furan rings is 1. The molecule has 0 amide bonds. The lowest BCUT2D eigenvalue weighted by molar-refractivity contribution is 0.0345. The highest BCUT2D eigenvalue weighted by atomic mass is 16.5. The molecule has 1 aliphatic heterocycles. The van der Waals surface area contributed by atoms with Gasteiger partial charge in [-0.3, -0.25) is 0 Å². The van der Waals surface area contributed by atoms with Crippen LogP contribution in [0.5, 0.6) is 0 Å². The van der Waals surface area contributed by atoms with Crippen molar-refractivity contribution in [3.63, 3.8) is 0 Å². The van der Waals surface area contributed by atoms with Crippen LogP contribution in [0.15, 0.2) is 23.0 Å². The van der Waals surface area contributed by atoms with Crippen molar-refractivity contribution in [2.45, 2.75) is 39.2 Å². The van der Waals surface area contributed by atoms with E-state index < -0.39 is 0 Å². The predicted molar refractivity (Wildman–Crippen MR) is 62.0 cm³/mol. The molecule has 0 aromatic carbocycles. The van der Waals surface area contributed by atoms with Crippen LogP contribution >= 0.6 is 0 Å². The zero-order chi connectivity index (χ0) is 11.2. The molecule has 2 aliphatic rings. The Bertz CT molecular complexity index is 357. The van der Waals surface area contributed by atoms with Gasteiger partial charge in [-0.1, -0.05) is 26.7 Å². The van der Waals surface area contributed by atoms with Gasteiger partial charge in [0.1, 0.15) is 0 Å². The molecule has 16 heavy (non-hydrogen) atoms. The summed E-state index contributed by atoms with van der Waals surface area (Å²) in [6, 6.07) is 2.05. The minimum atomic E-state index is 0.249.